The standard InChI is InChI=1S/C19H23N3O4.ClH/c1-25-14-6-8-15(9-7-14)26-13-10-18(23)22-17-5-3-2-4-16(17)19(24)21-12-11-20;/h2-9H,10-13,20H2,1H3,(H,21,24)(H,22,23);1H. The van der Waals surface area contributed by atoms with E-state index in [0.717, 1.165) is 5.75 Å². The van der Waals surface area contributed by atoms with Gasteiger partial charge in [-0.05, 0) is 36.4 Å². The van der Waals surface area contributed by atoms with Gasteiger partial charge in [-0.25, -0.2) is 0 Å². The van der Waals surface area contributed by atoms with Crippen molar-refractivity contribution < 1.29 is 19.1 Å². The van der Waals surface area contributed by atoms with E-state index in [1.807, 2.05) is 0 Å². The van der Waals surface area contributed by atoms with E-state index in [9.17, 15) is 9.59 Å². The van der Waals surface area contributed by atoms with Crippen LogP contribution in [0.2, 0.25) is 0 Å². The highest BCUT2D eigenvalue weighted by Crippen LogP contribution is 2.18. The number of ether oxygens (including phenoxy) is 2. The summed E-state index contributed by atoms with van der Waals surface area (Å²) in [6.45, 7) is 0.944. The van der Waals surface area contributed by atoms with Crippen molar-refractivity contribution in [1.29, 1.82) is 0 Å². The van der Waals surface area contributed by atoms with Crippen LogP contribution >= 0.6 is 12.4 Å². The van der Waals surface area contributed by atoms with Crippen LogP contribution in [0.5, 0.6) is 11.5 Å². The van der Waals surface area contributed by atoms with Gasteiger partial charge in [0.25, 0.3) is 5.91 Å². The molecule has 146 valence electrons. The van der Waals surface area contributed by atoms with Crippen molar-refractivity contribution in [2.45, 2.75) is 6.42 Å². The number of anilines is 1. The smallest absolute Gasteiger partial charge is 0.253 e. The van der Waals surface area contributed by atoms with Gasteiger partial charge in [-0.1, -0.05) is 12.1 Å². The van der Waals surface area contributed by atoms with Gasteiger partial charge in [0.1, 0.15) is 11.5 Å². The number of rotatable bonds is 9. The van der Waals surface area contributed by atoms with Gasteiger partial charge in [0.05, 0.1) is 31.4 Å². The Hall–Kier alpha value is -2.77. The Morgan fingerprint density at radius 3 is 2.37 bits per heavy atom. The molecule has 0 radical (unpaired) electrons. The molecule has 0 aliphatic rings. The molecule has 0 fully saturated rings. The van der Waals surface area contributed by atoms with Crippen molar-refractivity contribution in [2.24, 2.45) is 5.73 Å². The number of amides is 2. The third-order valence-electron chi connectivity index (χ3n) is 3.53. The van der Waals surface area contributed by atoms with E-state index in [2.05, 4.69) is 10.6 Å². The van der Waals surface area contributed by atoms with Crippen LogP contribution in [0.15, 0.2) is 48.5 Å². The molecule has 2 amide bonds. The maximum absolute atomic E-state index is 12.1. The number of carbonyl (C=O) groups excluding carboxylic acids is 2. The van der Waals surface area contributed by atoms with E-state index < -0.39 is 0 Å². The third kappa shape index (κ3) is 7.16. The summed E-state index contributed by atoms with van der Waals surface area (Å²) in [6, 6.07) is 13.9. The molecule has 0 atom stereocenters. The molecule has 27 heavy (non-hydrogen) atoms. The Kier molecular flexibility index (Phi) is 9.71. The Balaban J connectivity index is 0.00000364. The van der Waals surface area contributed by atoms with Gasteiger partial charge in [-0.3, -0.25) is 9.59 Å². The molecule has 2 rings (SSSR count). The number of benzene rings is 2. The molecule has 0 heterocycles. The number of nitrogens with one attached hydrogen (secondary N) is 2. The molecule has 4 N–H and O–H groups in total. The van der Waals surface area contributed by atoms with Crippen LogP contribution < -0.4 is 25.8 Å². The van der Waals surface area contributed by atoms with Crippen molar-refractivity contribution in [3.05, 3.63) is 54.1 Å². The van der Waals surface area contributed by atoms with E-state index in [-0.39, 0.29) is 37.2 Å². The number of carbonyl (C=O) groups is 2. The molecular formula is C19H24ClN3O4. The van der Waals surface area contributed by atoms with E-state index in [0.29, 0.717) is 30.1 Å². The second-order valence-corrected chi connectivity index (χ2v) is 5.41. The second kappa shape index (κ2) is 11.8. The van der Waals surface area contributed by atoms with Gasteiger partial charge in [0.2, 0.25) is 5.91 Å². The fourth-order valence-corrected chi connectivity index (χ4v) is 2.22. The first kappa shape index (κ1) is 22.3. The van der Waals surface area contributed by atoms with E-state index in [1.54, 1.807) is 55.6 Å². The van der Waals surface area contributed by atoms with Crippen LogP contribution in [-0.4, -0.2) is 38.6 Å². The van der Waals surface area contributed by atoms with Crippen LogP contribution in [0.25, 0.3) is 0 Å². The summed E-state index contributed by atoms with van der Waals surface area (Å²) < 4.78 is 10.6. The zero-order valence-electron chi connectivity index (χ0n) is 15.1. The van der Waals surface area contributed by atoms with Gasteiger partial charge in [-0.15, -0.1) is 12.4 Å². The predicted molar refractivity (Wildman–Crippen MR) is 107 cm³/mol. The van der Waals surface area contributed by atoms with Gasteiger partial charge < -0.3 is 25.8 Å². The quantitative estimate of drug-likeness (QED) is 0.606. The lowest BCUT2D eigenvalue weighted by Gasteiger charge is -2.11. The van der Waals surface area contributed by atoms with Crippen molar-refractivity contribution in [1.82, 2.24) is 5.32 Å². The molecule has 0 aliphatic heterocycles. The minimum Gasteiger partial charge on any atom is -0.497 e. The largest absolute Gasteiger partial charge is 0.497 e. The van der Waals surface area contributed by atoms with Gasteiger partial charge in [-0.2, -0.15) is 0 Å². The Morgan fingerprint density at radius 1 is 1.04 bits per heavy atom. The number of para-hydroxylation sites is 1. The van der Waals surface area contributed by atoms with Crippen molar-refractivity contribution in [3.63, 3.8) is 0 Å². The topological polar surface area (TPSA) is 103 Å². The average Bonchev–Trinajstić information content (AvgIpc) is 2.67. The highest BCUT2D eigenvalue weighted by Gasteiger charge is 2.12. The molecule has 0 bridgehead atoms. The van der Waals surface area contributed by atoms with Crippen LogP contribution in [0, 0.1) is 0 Å². The summed E-state index contributed by atoms with van der Waals surface area (Å²) in [6.07, 6.45) is 0.158. The van der Waals surface area contributed by atoms with Crippen molar-refractivity contribution in [3.8, 4) is 11.5 Å². The molecule has 8 heteroatoms. The lowest BCUT2D eigenvalue weighted by Crippen LogP contribution is -2.30. The third-order valence-corrected chi connectivity index (χ3v) is 3.53. The van der Waals surface area contributed by atoms with Crippen molar-refractivity contribution in [2.75, 3.05) is 32.1 Å². The molecule has 0 saturated heterocycles. The van der Waals surface area contributed by atoms with E-state index >= 15 is 0 Å². The number of nitrogens with two attached hydrogens (primary N) is 1. The normalized spacial score (nSPS) is 9.70. The first-order chi connectivity index (χ1) is 12.6. The van der Waals surface area contributed by atoms with Crippen LogP contribution in [0.3, 0.4) is 0 Å². The zero-order chi connectivity index (χ0) is 18.8. The minimum atomic E-state index is -0.277. The lowest BCUT2D eigenvalue weighted by molar-refractivity contribution is -0.116. The molecular weight excluding hydrogens is 370 g/mol. The van der Waals surface area contributed by atoms with Gasteiger partial charge in [0.15, 0.2) is 0 Å². The molecule has 0 aliphatic carbocycles. The highest BCUT2D eigenvalue weighted by atomic mass is 35.5. The first-order valence-electron chi connectivity index (χ1n) is 8.28. The summed E-state index contributed by atoms with van der Waals surface area (Å²) in [5.41, 5.74) is 6.24. The average molecular weight is 394 g/mol. The summed E-state index contributed by atoms with van der Waals surface area (Å²) in [7, 11) is 1.59. The van der Waals surface area contributed by atoms with Crippen LogP contribution in [-0.2, 0) is 4.79 Å². The fraction of sp³-hybridized carbons (Fsp3) is 0.263. The van der Waals surface area contributed by atoms with Crippen molar-refractivity contribution >= 4 is 29.9 Å². The monoisotopic (exact) mass is 393 g/mol. The van der Waals surface area contributed by atoms with Gasteiger partial charge >= 0.3 is 0 Å². The van der Waals surface area contributed by atoms with Gasteiger partial charge in [0, 0.05) is 13.1 Å². The SMILES string of the molecule is COc1ccc(OCCC(=O)Nc2ccccc2C(=O)NCCN)cc1.Cl. The second-order valence-electron chi connectivity index (χ2n) is 5.41. The Bertz CT molecular complexity index is 738. The Morgan fingerprint density at radius 2 is 1.70 bits per heavy atom. The summed E-state index contributed by atoms with van der Waals surface area (Å²) in [5, 5.41) is 5.43. The molecule has 7 nitrogen and oxygen atoms in total. The molecule has 0 saturated carbocycles. The number of methoxy groups -OCH3 is 1. The molecule has 0 unspecified atom stereocenters. The predicted octanol–water partition coefficient (Wildman–Crippen LogP) is 2.21. The molecule has 0 aromatic heterocycles. The Labute approximate surface area is 164 Å². The highest BCUT2D eigenvalue weighted by molar-refractivity contribution is 6.03. The van der Waals surface area contributed by atoms with Crippen LogP contribution in [0.4, 0.5) is 5.69 Å². The maximum Gasteiger partial charge on any atom is 0.253 e. The lowest BCUT2D eigenvalue weighted by atomic mass is 10.1. The minimum absolute atomic E-state index is 0. The molecule has 0 spiro atoms. The van der Waals surface area contributed by atoms with E-state index in [1.165, 1.54) is 0 Å². The zero-order valence-corrected chi connectivity index (χ0v) is 15.9. The summed E-state index contributed by atoms with van der Waals surface area (Å²) in [4.78, 5) is 24.2. The molecule has 2 aromatic carbocycles. The number of hydrogen-bond donors (Lipinski definition) is 3. The van der Waals surface area contributed by atoms with Crippen LogP contribution in [0.1, 0.15) is 16.8 Å². The maximum atomic E-state index is 12.1. The number of hydrogen-bond acceptors (Lipinski definition) is 5. The van der Waals surface area contributed by atoms with E-state index in [4.69, 9.17) is 15.2 Å². The summed E-state index contributed by atoms with van der Waals surface area (Å²) in [5.74, 6) is 0.873. The number of halogens is 1. The fourth-order valence-electron chi connectivity index (χ4n) is 2.22. The molecule has 2 aromatic rings. The summed E-state index contributed by atoms with van der Waals surface area (Å²) >= 11 is 0. The first-order valence-corrected chi connectivity index (χ1v) is 8.28.